The fourth-order valence-corrected chi connectivity index (χ4v) is 3.20. The second-order valence-electron chi connectivity index (χ2n) is 6.91. The van der Waals surface area contributed by atoms with Crippen LogP contribution < -0.4 is 15.0 Å². The quantitative estimate of drug-likeness (QED) is 0.619. The van der Waals surface area contributed by atoms with Crippen molar-refractivity contribution in [3.63, 3.8) is 0 Å². The maximum Gasteiger partial charge on any atom is 0.416 e. The van der Waals surface area contributed by atoms with Crippen molar-refractivity contribution in [3.8, 4) is 11.4 Å². The second-order valence-corrected chi connectivity index (χ2v) is 6.91. The van der Waals surface area contributed by atoms with Crippen LogP contribution in [0, 0.1) is 0 Å². The van der Waals surface area contributed by atoms with Gasteiger partial charge in [0.15, 0.2) is 6.61 Å². The zero-order valence-electron chi connectivity index (χ0n) is 16.7. The van der Waals surface area contributed by atoms with E-state index in [1.54, 1.807) is 24.3 Å². The lowest BCUT2D eigenvalue weighted by Gasteiger charge is -2.31. The van der Waals surface area contributed by atoms with E-state index in [0.717, 1.165) is 12.1 Å². The van der Waals surface area contributed by atoms with Gasteiger partial charge < -0.3 is 19.7 Å². The van der Waals surface area contributed by atoms with Crippen molar-refractivity contribution in [2.24, 2.45) is 0 Å². The van der Waals surface area contributed by atoms with Gasteiger partial charge in [0.2, 0.25) is 0 Å². The van der Waals surface area contributed by atoms with E-state index >= 15 is 0 Å². The van der Waals surface area contributed by atoms with E-state index in [-0.39, 0.29) is 12.3 Å². The SMILES string of the molecule is O=C(COc1ccc(-n2cnnn2)cc1)Nc1cc(C(F)(F)F)ccc1N1CCOCC1. The Balaban J connectivity index is 1.44. The number of alkyl halides is 3. The van der Waals surface area contributed by atoms with Crippen LogP contribution in [0.1, 0.15) is 5.56 Å². The van der Waals surface area contributed by atoms with Gasteiger partial charge in [-0.25, -0.2) is 4.68 Å². The number of morpholine rings is 1. The topological polar surface area (TPSA) is 94.4 Å². The summed E-state index contributed by atoms with van der Waals surface area (Å²) in [5, 5.41) is 13.4. The number of nitrogens with one attached hydrogen (secondary N) is 1. The van der Waals surface area contributed by atoms with Gasteiger partial charge >= 0.3 is 6.18 Å². The zero-order valence-corrected chi connectivity index (χ0v) is 16.7. The van der Waals surface area contributed by atoms with Crippen LogP contribution in [0.3, 0.4) is 0 Å². The predicted molar refractivity (Wildman–Crippen MR) is 108 cm³/mol. The summed E-state index contributed by atoms with van der Waals surface area (Å²) >= 11 is 0. The lowest BCUT2D eigenvalue weighted by molar-refractivity contribution is -0.137. The van der Waals surface area contributed by atoms with Crippen LogP contribution in [-0.4, -0.2) is 59.0 Å². The van der Waals surface area contributed by atoms with E-state index in [1.807, 2.05) is 4.90 Å². The standard InChI is InChI=1S/C20H19F3N6O3/c21-20(22,23)14-1-6-18(28-7-9-31-10-8-28)17(11-14)25-19(30)12-32-16-4-2-15(3-5-16)29-13-24-26-27-29/h1-6,11,13H,7-10,12H2,(H,25,30). The Morgan fingerprint density at radius 3 is 2.53 bits per heavy atom. The van der Waals surface area contributed by atoms with Gasteiger partial charge in [0.1, 0.15) is 12.1 Å². The van der Waals surface area contributed by atoms with Gasteiger partial charge in [-0.2, -0.15) is 13.2 Å². The molecule has 0 unspecified atom stereocenters. The summed E-state index contributed by atoms with van der Waals surface area (Å²) in [6.45, 7) is 1.57. The minimum Gasteiger partial charge on any atom is -0.484 e. The Kier molecular flexibility index (Phi) is 6.21. The summed E-state index contributed by atoms with van der Waals surface area (Å²) < 4.78 is 51.8. The number of rotatable bonds is 6. The largest absolute Gasteiger partial charge is 0.484 e. The summed E-state index contributed by atoms with van der Waals surface area (Å²) in [5.41, 5.74) is 0.430. The molecule has 0 bridgehead atoms. The Hall–Kier alpha value is -3.67. The monoisotopic (exact) mass is 448 g/mol. The normalized spacial score (nSPS) is 14.3. The molecule has 0 atom stereocenters. The lowest BCUT2D eigenvalue weighted by atomic mass is 10.1. The number of hydrogen-bond donors (Lipinski definition) is 1. The van der Waals surface area contributed by atoms with Gasteiger partial charge in [-0.15, -0.1) is 5.10 Å². The van der Waals surface area contributed by atoms with Crippen LogP contribution in [0.4, 0.5) is 24.5 Å². The molecule has 1 amide bonds. The number of ether oxygens (including phenoxy) is 2. The molecule has 0 spiro atoms. The first kappa shape index (κ1) is 21.6. The summed E-state index contributed by atoms with van der Waals surface area (Å²) in [5.74, 6) is -0.169. The predicted octanol–water partition coefficient (Wildman–Crippen LogP) is 2.54. The number of carbonyl (C=O) groups is 1. The molecule has 1 fully saturated rings. The fourth-order valence-electron chi connectivity index (χ4n) is 3.20. The zero-order chi connectivity index (χ0) is 22.6. The molecule has 0 radical (unpaired) electrons. The highest BCUT2D eigenvalue weighted by Gasteiger charge is 2.32. The van der Waals surface area contributed by atoms with Gasteiger partial charge in [0.05, 0.1) is 35.8 Å². The molecule has 32 heavy (non-hydrogen) atoms. The van der Waals surface area contributed by atoms with Crippen LogP contribution in [0.2, 0.25) is 0 Å². The molecule has 9 nitrogen and oxygen atoms in total. The van der Waals surface area contributed by atoms with Crippen molar-refractivity contribution in [2.45, 2.75) is 6.18 Å². The van der Waals surface area contributed by atoms with Crippen LogP contribution in [0.25, 0.3) is 5.69 Å². The number of nitrogens with zero attached hydrogens (tertiary/aromatic N) is 5. The van der Waals surface area contributed by atoms with Crippen LogP contribution >= 0.6 is 0 Å². The molecule has 12 heteroatoms. The molecule has 1 saturated heterocycles. The number of amides is 1. The number of halogens is 3. The third kappa shape index (κ3) is 5.14. The van der Waals surface area contributed by atoms with Crippen LogP contribution in [0.5, 0.6) is 5.75 Å². The summed E-state index contributed by atoms with van der Waals surface area (Å²) in [4.78, 5) is 14.3. The van der Waals surface area contributed by atoms with Crippen molar-refractivity contribution in [1.29, 1.82) is 0 Å². The maximum atomic E-state index is 13.2. The lowest BCUT2D eigenvalue weighted by Crippen LogP contribution is -2.37. The number of benzene rings is 2. The Bertz CT molecular complexity index is 1050. The van der Waals surface area contributed by atoms with Crippen LogP contribution in [-0.2, 0) is 15.7 Å². The summed E-state index contributed by atoms with van der Waals surface area (Å²) in [6, 6.07) is 9.97. The highest BCUT2D eigenvalue weighted by atomic mass is 19.4. The number of tetrazole rings is 1. The fraction of sp³-hybridized carbons (Fsp3) is 0.300. The molecule has 1 aliphatic rings. The average molecular weight is 448 g/mol. The van der Waals surface area contributed by atoms with E-state index in [2.05, 4.69) is 20.8 Å². The Morgan fingerprint density at radius 1 is 1.12 bits per heavy atom. The van der Waals surface area contributed by atoms with Gasteiger partial charge in [-0.3, -0.25) is 4.79 Å². The van der Waals surface area contributed by atoms with Crippen molar-refractivity contribution in [1.82, 2.24) is 20.2 Å². The third-order valence-electron chi connectivity index (χ3n) is 4.77. The third-order valence-corrected chi connectivity index (χ3v) is 4.77. The maximum absolute atomic E-state index is 13.2. The molecule has 1 N–H and O–H groups in total. The molecule has 1 aliphatic heterocycles. The van der Waals surface area contributed by atoms with Crippen molar-refractivity contribution < 1.29 is 27.4 Å². The molecule has 168 valence electrons. The number of aromatic nitrogens is 4. The molecule has 4 rings (SSSR count). The van der Waals surface area contributed by atoms with E-state index in [9.17, 15) is 18.0 Å². The van der Waals surface area contributed by atoms with Crippen molar-refractivity contribution in [2.75, 3.05) is 43.1 Å². The first-order chi connectivity index (χ1) is 15.4. The summed E-state index contributed by atoms with van der Waals surface area (Å²) in [6.07, 6.45) is -3.09. The van der Waals surface area contributed by atoms with E-state index in [4.69, 9.17) is 9.47 Å². The van der Waals surface area contributed by atoms with Gasteiger partial charge in [0, 0.05) is 13.1 Å². The molecule has 2 heterocycles. The molecule has 3 aromatic rings. The number of anilines is 2. The van der Waals surface area contributed by atoms with Gasteiger partial charge in [-0.1, -0.05) is 0 Å². The minimum atomic E-state index is -4.53. The molecular weight excluding hydrogens is 429 g/mol. The van der Waals surface area contributed by atoms with Crippen molar-refractivity contribution in [3.05, 3.63) is 54.4 Å². The molecule has 0 aliphatic carbocycles. The second kappa shape index (κ2) is 9.22. The number of hydrogen-bond acceptors (Lipinski definition) is 7. The molecule has 1 aromatic heterocycles. The van der Waals surface area contributed by atoms with E-state index in [1.165, 1.54) is 17.1 Å². The van der Waals surface area contributed by atoms with Crippen LogP contribution in [0.15, 0.2) is 48.8 Å². The molecule has 2 aromatic carbocycles. The first-order valence-electron chi connectivity index (χ1n) is 9.70. The Labute approximate surface area is 180 Å². The summed E-state index contributed by atoms with van der Waals surface area (Å²) in [7, 11) is 0. The average Bonchev–Trinajstić information content (AvgIpc) is 3.33. The minimum absolute atomic E-state index is 0.0735. The van der Waals surface area contributed by atoms with Gasteiger partial charge in [0.25, 0.3) is 5.91 Å². The Morgan fingerprint density at radius 2 is 1.88 bits per heavy atom. The highest BCUT2D eigenvalue weighted by molar-refractivity contribution is 5.95. The number of carbonyl (C=O) groups excluding carboxylic acids is 1. The molecular formula is C20H19F3N6O3. The van der Waals surface area contributed by atoms with Crippen molar-refractivity contribution >= 4 is 17.3 Å². The first-order valence-corrected chi connectivity index (χ1v) is 9.70. The van der Waals surface area contributed by atoms with Gasteiger partial charge in [-0.05, 0) is 52.9 Å². The highest BCUT2D eigenvalue weighted by Crippen LogP contribution is 2.35. The van der Waals surface area contributed by atoms with E-state index in [0.29, 0.717) is 43.4 Å². The van der Waals surface area contributed by atoms with E-state index < -0.39 is 17.6 Å². The smallest absolute Gasteiger partial charge is 0.416 e. The molecule has 0 saturated carbocycles.